The van der Waals surface area contributed by atoms with E-state index in [2.05, 4.69) is 59.4 Å². The molecule has 0 radical (unpaired) electrons. The lowest BCUT2D eigenvalue weighted by Crippen LogP contribution is -2.48. The molecule has 1 aliphatic rings. The standard InChI is InChI=1S/C20H22N4OS/c1-13-11-15(12-20(3,4)24-13)22-19-21-10-9-17(23-19)18-8-7-16(26-18)6-5-14(2)25/h7-10,15,24-25H,1-2,11-12H2,3-4H3,(H,21,22,23). The van der Waals surface area contributed by atoms with E-state index >= 15 is 0 Å². The number of piperidine rings is 1. The number of hydrogen-bond donors (Lipinski definition) is 3. The first-order valence-electron chi connectivity index (χ1n) is 8.36. The Balaban J connectivity index is 1.76. The zero-order valence-electron chi connectivity index (χ0n) is 15.0. The normalized spacial score (nSPS) is 18.4. The van der Waals surface area contributed by atoms with E-state index in [0.29, 0.717) is 5.95 Å². The third-order valence-corrected chi connectivity index (χ3v) is 4.97. The summed E-state index contributed by atoms with van der Waals surface area (Å²) in [6.07, 6.45) is 3.57. The van der Waals surface area contributed by atoms with E-state index in [1.165, 1.54) is 11.3 Å². The molecular weight excluding hydrogens is 344 g/mol. The molecule has 3 heterocycles. The van der Waals surface area contributed by atoms with Gasteiger partial charge in [0.25, 0.3) is 0 Å². The highest BCUT2D eigenvalue weighted by Gasteiger charge is 2.29. The van der Waals surface area contributed by atoms with Crippen molar-refractivity contribution in [3.8, 4) is 22.4 Å². The van der Waals surface area contributed by atoms with Crippen LogP contribution in [0.15, 0.2) is 49.0 Å². The minimum absolute atomic E-state index is 0.00262. The van der Waals surface area contributed by atoms with Crippen LogP contribution in [0.2, 0.25) is 0 Å². The molecule has 1 fully saturated rings. The van der Waals surface area contributed by atoms with Gasteiger partial charge in [0.1, 0.15) is 0 Å². The van der Waals surface area contributed by atoms with Gasteiger partial charge in [0.2, 0.25) is 5.95 Å². The number of aliphatic hydroxyl groups excluding tert-OH is 1. The van der Waals surface area contributed by atoms with E-state index < -0.39 is 0 Å². The van der Waals surface area contributed by atoms with Crippen molar-refractivity contribution in [2.24, 2.45) is 0 Å². The van der Waals surface area contributed by atoms with Crippen molar-refractivity contribution >= 4 is 17.3 Å². The van der Waals surface area contributed by atoms with Crippen molar-refractivity contribution < 1.29 is 5.11 Å². The molecule has 2 aromatic heterocycles. The van der Waals surface area contributed by atoms with E-state index in [1.807, 2.05) is 18.2 Å². The topological polar surface area (TPSA) is 70.1 Å². The van der Waals surface area contributed by atoms with Gasteiger partial charge in [0.05, 0.1) is 15.4 Å². The second-order valence-corrected chi connectivity index (χ2v) is 8.07. The molecule has 0 aliphatic carbocycles. The van der Waals surface area contributed by atoms with Crippen molar-refractivity contribution in [2.75, 3.05) is 5.32 Å². The molecule has 134 valence electrons. The van der Waals surface area contributed by atoms with E-state index in [9.17, 15) is 0 Å². The lowest BCUT2D eigenvalue weighted by molar-refractivity contribution is 0.324. The fraction of sp³-hybridized carbons (Fsp3) is 0.300. The van der Waals surface area contributed by atoms with Crippen molar-refractivity contribution in [1.29, 1.82) is 0 Å². The summed E-state index contributed by atoms with van der Waals surface area (Å²) in [7, 11) is 0. The molecule has 6 heteroatoms. The molecule has 0 saturated carbocycles. The smallest absolute Gasteiger partial charge is 0.223 e. The number of aromatic nitrogens is 2. The van der Waals surface area contributed by atoms with E-state index in [4.69, 9.17) is 5.11 Å². The third kappa shape index (κ3) is 4.64. The van der Waals surface area contributed by atoms with Gasteiger partial charge in [-0.2, -0.15) is 0 Å². The summed E-state index contributed by atoms with van der Waals surface area (Å²) >= 11 is 1.51. The molecular formula is C20H22N4OS. The van der Waals surface area contributed by atoms with Crippen molar-refractivity contribution in [3.05, 3.63) is 53.9 Å². The maximum absolute atomic E-state index is 9.08. The van der Waals surface area contributed by atoms with Crippen LogP contribution in [0.5, 0.6) is 0 Å². The van der Waals surface area contributed by atoms with Crippen LogP contribution < -0.4 is 10.6 Å². The minimum Gasteiger partial charge on any atom is -0.501 e. The van der Waals surface area contributed by atoms with Gasteiger partial charge in [-0.25, -0.2) is 9.97 Å². The highest BCUT2D eigenvalue weighted by atomic mass is 32.1. The second-order valence-electron chi connectivity index (χ2n) is 6.99. The Bertz CT molecular complexity index is 904. The first-order chi connectivity index (χ1) is 12.3. The number of aliphatic hydroxyl groups is 1. The van der Waals surface area contributed by atoms with E-state index in [-0.39, 0.29) is 17.3 Å². The molecule has 1 atom stereocenters. The molecule has 0 aromatic carbocycles. The van der Waals surface area contributed by atoms with Crippen LogP contribution in [0.4, 0.5) is 5.95 Å². The lowest BCUT2D eigenvalue weighted by Gasteiger charge is -2.38. The van der Waals surface area contributed by atoms with E-state index in [0.717, 1.165) is 34.0 Å². The molecule has 1 saturated heterocycles. The Morgan fingerprint density at radius 3 is 2.96 bits per heavy atom. The first kappa shape index (κ1) is 18.0. The Morgan fingerprint density at radius 2 is 2.23 bits per heavy atom. The van der Waals surface area contributed by atoms with Crippen molar-refractivity contribution in [1.82, 2.24) is 15.3 Å². The van der Waals surface area contributed by atoms with Crippen LogP contribution >= 0.6 is 11.3 Å². The molecule has 1 aliphatic heterocycles. The summed E-state index contributed by atoms with van der Waals surface area (Å²) in [4.78, 5) is 10.8. The highest BCUT2D eigenvalue weighted by molar-refractivity contribution is 7.16. The molecule has 0 spiro atoms. The number of anilines is 1. The Labute approximate surface area is 157 Å². The summed E-state index contributed by atoms with van der Waals surface area (Å²) in [5.41, 5.74) is 1.88. The average Bonchev–Trinajstić information content (AvgIpc) is 3.00. The lowest BCUT2D eigenvalue weighted by atomic mass is 9.88. The van der Waals surface area contributed by atoms with Crippen LogP contribution in [-0.4, -0.2) is 26.7 Å². The maximum Gasteiger partial charge on any atom is 0.223 e. The molecule has 3 rings (SSSR count). The fourth-order valence-electron chi connectivity index (χ4n) is 3.09. The maximum atomic E-state index is 9.08. The van der Waals surface area contributed by atoms with Gasteiger partial charge >= 0.3 is 0 Å². The van der Waals surface area contributed by atoms with Gasteiger partial charge in [-0.1, -0.05) is 6.58 Å². The first-order valence-corrected chi connectivity index (χ1v) is 9.18. The van der Waals surface area contributed by atoms with Gasteiger partial charge in [-0.3, -0.25) is 0 Å². The zero-order valence-corrected chi connectivity index (χ0v) is 15.8. The van der Waals surface area contributed by atoms with E-state index in [1.54, 1.807) is 6.20 Å². The molecule has 3 N–H and O–H groups in total. The highest BCUT2D eigenvalue weighted by Crippen LogP contribution is 2.28. The summed E-state index contributed by atoms with van der Waals surface area (Å²) in [5, 5.41) is 15.9. The molecule has 1 unspecified atom stereocenters. The minimum atomic E-state index is -0.139. The molecule has 5 nitrogen and oxygen atoms in total. The third-order valence-electron chi connectivity index (χ3n) is 3.94. The summed E-state index contributed by atoms with van der Waals surface area (Å²) in [6, 6.07) is 6.00. The molecule has 0 bridgehead atoms. The molecule has 26 heavy (non-hydrogen) atoms. The van der Waals surface area contributed by atoms with Gasteiger partial charge < -0.3 is 15.7 Å². The number of allylic oxidation sites excluding steroid dienone is 1. The second kappa shape index (κ2) is 7.22. The molecule has 2 aromatic rings. The van der Waals surface area contributed by atoms with Gasteiger partial charge in [0.15, 0.2) is 5.76 Å². The van der Waals surface area contributed by atoms with Gasteiger partial charge in [-0.05, 0) is 56.9 Å². The van der Waals surface area contributed by atoms with Crippen LogP contribution in [0.25, 0.3) is 10.6 Å². The quantitative estimate of drug-likeness (QED) is 0.564. The largest absolute Gasteiger partial charge is 0.501 e. The number of hydrogen-bond acceptors (Lipinski definition) is 6. The van der Waals surface area contributed by atoms with Crippen LogP contribution in [0.3, 0.4) is 0 Å². The van der Waals surface area contributed by atoms with Crippen molar-refractivity contribution in [3.63, 3.8) is 0 Å². The Hall–Kier alpha value is -2.78. The van der Waals surface area contributed by atoms with Crippen molar-refractivity contribution in [2.45, 2.75) is 38.3 Å². The predicted molar refractivity (Wildman–Crippen MR) is 107 cm³/mol. The number of nitrogens with one attached hydrogen (secondary N) is 2. The predicted octanol–water partition coefficient (Wildman–Crippen LogP) is 4.08. The Kier molecular flexibility index (Phi) is 5.01. The summed E-state index contributed by atoms with van der Waals surface area (Å²) < 4.78 is 0. The monoisotopic (exact) mass is 366 g/mol. The van der Waals surface area contributed by atoms with Crippen LogP contribution in [0, 0.1) is 11.8 Å². The average molecular weight is 366 g/mol. The zero-order chi connectivity index (χ0) is 18.7. The van der Waals surface area contributed by atoms with Crippen LogP contribution in [-0.2, 0) is 0 Å². The van der Waals surface area contributed by atoms with Gasteiger partial charge in [-0.15, -0.1) is 11.3 Å². The Morgan fingerprint density at radius 1 is 1.42 bits per heavy atom. The fourth-order valence-corrected chi connectivity index (χ4v) is 3.92. The number of thiophene rings is 1. The van der Waals surface area contributed by atoms with Gasteiger partial charge in [0, 0.05) is 29.9 Å². The SMILES string of the molecule is C=C(O)C#Cc1ccc(-c2ccnc(NC3CC(=C)NC(C)(C)C3)n2)s1. The number of nitrogens with zero attached hydrogens (tertiary/aromatic N) is 2. The van der Waals surface area contributed by atoms with Crippen LogP contribution in [0.1, 0.15) is 31.6 Å². The molecule has 0 amide bonds. The number of rotatable bonds is 3. The summed E-state index contributed by atoms with van der Waals surface area (Å²) in [5.74, 6) is 5.91. The summed E-state index contributed by atoms with van der Waals surface area (Å²) in [6.45, 7) is 11.8.